The van der Waals surface area contributed by atoms with Gasteiger partial charge in [0.15, 0.2) is 0 Å². The summed E-state index contributed by atoms with van der Waals surface area (Å²) in [6.45, 7) is 12.9. The molecule has 0 N–H and O–H groups in total. The van der Waals surface area contributed by atoms with Crippen LogP contribution in [0.1, 0.15) is 45.9 Å². The SMILES string of the molecule is CCN(c1cc(CCl)cc(C(C)(C)C)n1)C(C)CN(C)C. The second-order valence-electron chi connectivity index (χ2n) is 7.00. The molecule has 1 aromatic heterocycles. The summed E-state index contributed by atoms with van der Waals surface area (Å²) in [5.74, 6) is 1.56. The monoisotopic (exact) mass is 311 g/mol. The average Bonchev–Trinajstić information content (AvgIpc) is 2.37. The van der Waals surface area contributed by atoms with Crippen LogP contribution < -0.4 is 4.90 Å². The Bertz CT molecular complexity index is 452. The topological polar surface area (TPSA) is 19.4 Å². The summed E-state index contributed by atoms with van der Waals surface area (Å²) < 4.78 is 0. The van der Waals surface area contributed by atoms with Crippen LogP contribution in [-0.4, -0.2) is 43.1 Å². The van der Waals surface area contributed by atoms with Crippen molar-refractivity contribution in [2.75, 3.05) is 32.1 Å². The molecule has 120 valence electrons. The van der Waals surface area contributed by atoms with Crippen LogP contribution in [0.3, 0.4) is 0 Å². The summed E-state index contributed by atoms with van der Waals surface area (Å²) in [7, 11) is 4.21. The van der Waals surface area contributed by atoms with Gasteiger partial charge in [0.1, 0.15) is 5.82 Å². The van der Waals surface area contributed by atoms with Crippen LogP contribution in [-0.2, 0) is 11.3 Å². The number of anilines is 1. The average molecular weight is 312 g/mol. The molecule has 0 saturated heterocycles. The Morgan fingerprint density at radius 2 is 1.86 bits per heavy atom. The molecular weight excluding hydrogens is 282 g/mol. The fourth-order valence-corrected chi connectivity index (χ4v) is 2.66. The normalized spacial score (nSPS) is 13.6. The highest BCUT2D eigenvalue weighted by Gasteiger charge is 2.21. The number of likely N-dealkylation sites (N-methyl/N-ethyl adjacent to an activating group) is 2. The maximum atomic E-state index is 6.08. The van der Waals surface area contributed by atoms with E-state index in [2.05, 4.69) is 70.6 Å². The van der Waals surface area contributed by atoms with Crippen LogP contribution >= 0.6 is 11.6 Å². The summed E-state index contributed by atoms with van der Waals surface area (Å²) in [5, 5.41) is 0. The summed E-state index contributed by atoms with van der Waals surface area (Å²) >= 11 is 6.08. The lowest BCUT2D eigenvalue weighted by molar-refractivity contribution is 0.372. The zero-order valence-electron chi connectivity index (χ0n) is 14.6. The molecule has 0 aromatic carbocycles. The van der Waals surface area contributed by atoms with E-state index in [-0.39, 0.29) is 5.41 Å². The maximum absolute atomic E-state index is 6.08. The van der Waals surface area contributed by atoms with E-state index in [0.717, 1.165) is 30.2 Å². The smallest absolute Gasteiger partial charge is 0.129 e. The van der Waals surface area contributed by atoms with E-state index in [4.69, 9.17) is 16.6 Å². The molecule has 0 fully saturated rings. The molecule has 0 saturated carbocycles. The number of rotatable bonds is 6. The van der Waals surface area contributed by atoms with E-state index in [9.17, 15) is 0 Å². The highest BCUT2D eigenvalue weighted by atomic mass is 35.5. The van der Waals surface area contributed by atoms with Crippen molar-refractivity contribution in [1.29, 1.82) is 0 Å². The Hall–Kier alpha value is -0.800. The zero-order valence-corrected chi connectivity index (χ0v) is 15.3. The molecule has 1 heterocycles. The fourth-order valence-electron chi connectivity index (χ4n) is 2.51. The molecule has 1 atom stereocenters. The molecule has 0 bridgehead atoms. The standard InChI is InChI=1S/C17H30ClN3/c1-8-21(13(2)12-20(6)7)16-10-14(11-18)9-15(19-16)17(3,4)5/h9-10,13H,8,11-12H2,1-7H3. The van der Waals surface area contributed by atoms with Crippen molar-refractivity contribution in [3.8, 4) is 0 Å². The molecule has 21 heavy (non-hydrogen) atoms. The first-order valence-corrected chi connectivity index (χ1v) is 8.21. The molecule has 0 radical (unpaired) electrons. The largest absolute Gasteiger partial charge is 0.353 e. The summed E-state index contributed by atoms with van der Waals surface area (Å²) in [5.41, 5.74) is 2.27. The lowest BCUT2D eigenvalue weighted by Gasteiger charge is -2.32. The molecule has 0 aliphatic carbocycles. The molecule has 3 nitrogen and oxygen atoms in total. The van der Waals surface area contributed by atoms with Crippen molar-refractivity contribution in [2.24, 2.45) is 0 Å². The van der Waals surface area contributed by atoms with Crippen LogP contribution in [0.4, 0.5) is 5.82 Å². The summed E-state index contributed by atoms with van der Waals surface area (Å²) in [4.78, 5) is 9.47. The fraction of sp³-hybridized carbons (Fsp3) is 0.706. The number of hydrogen-bond donors (Lipinski definition) is 0. The van der Waals surface area contributed by atoms with Crippen molar-refractivity contribution in [1.82, 2.24) is 9.88 Å². The Morgan fingerprint density at radius 1 is 1.24 bits per heavy atom. The van der Waals surface area contributed by atoms with Crippen LogP contribution in [0, 0.1) is 0 Å². The van der Waals surface area contributed by atoms with Gasteiger partial charge in [-0.3, -0.25) is 0 Å². The van der Waals surface area contributed by atoms with Crippen molar-refractivity contribution < 1.29 is 0 Å². The van der Waals surface area contributed by atoms with Gasteiger partial charge in [-0.1, -0.05) is 20.8 Å². The Kier molecular flexibility index (Phi) is 6.48. The second-order valence-corrected chi connectivity index (χ2v) is 7.27. The number of alkyl halides is 1. The predicted molar refractivity (Wildman–Crippen MR) is 93.5 cm³/mol. The van der Waals surface area contributed by atoms with Crippen LogP contribution in [0.2, 0.25) is 0 Å². The summed E-state index contributed by atoms with van der Waals surface area (Å²) in [6, 6.07) is 4.66. The van der Waals surface area contributed by atoms with Gasteiger partial charge in [-0.2, -0.15) is 0 Å². The molecular formula is C17H30ClN3. The molecule has 0 aliphatic heterocycles. The molecule has 1 aromatic rings. The zero-order chi connectivity index (χ0) is 16.2. The third kappa shape index (κ3) is 5.15. The molecule has 0 spiro atoms. The van der Waals surface area contributed by atoms with Gasteiger partial charge in [0.25, 0.3) is 0 Å². The number of hydrogen-bond acceptors (Lipinski definition) is 3. The minimum absolute atomic E-state index is 0.0288. The lowest BCUT2D eigenvalue weighted by atomic mass is 9.91. The molecule has 0 amide bonds. The van der Waals surface area contributed by atoms with Gasteiger partial charge in [0.05, 0.1) is 0 Å². The highest BCUT2D eigenvalue weighted by molar-refractivity contribution is 6.17. The van der Waals surface area contributed by atoms with Crippen LogP contribution in [0.5, 0.6) is 0 Å². The third-order valence-electron chi connectivity index (χ3n) is 3.59. The van der Waals surface area contributed by atoms with Crippen LogP contribution in [0.15, 0.2) is 12.1 Å². The predicted octanol–water partition coefficient (Wildman–Crippen LogP) is 3.89. The van der Waals surface area contributed by atoms with E-state index < -0.39 is 0 Å². The Morgan fingerprint density at radius 3 is 2.29 bits per heavy atom. The van der Waals surface area contributed by atoms with Crippen molar-refractivity contribution >= 4 is 17.4 Å². The van der Waals surface area contributed by atoms with Crippen molar-refractivity contribution in [3.05, 3.63) is 23.4 Å². The second kappa shape index (κ2) is 7.46. The third-order valence-corrected chi connectivity index (χ3v) is 3.90. The quantitative estimate of drug-likeness (QED) is 0.743. The van der Waals surface area contributed by atoms with Crippen molar-refractivity contribution in [2.45, 2.75) is 52.0 Å². The summed E-state index contributed by atoms with van der Waals surface area (Å²) in [6.07, 6.45) is 0. The van der Waals surface area contributed by atoms with Gasteiger partial charge in [-0.05, 0) is 45.6 Å². The molecule has 1 unspecified atom stereocenters. The van der Waals surface area contributed by atoms with Crippen LogP contribution in [0.25, 0.3) is 0 Å². The molecule has 0 aliphatic rings. The first-order valence-electron chi connectivity index (χ1n) is 7.67. The first kappa shape index (κ1) is 18.2. The minimum Gasteiger partial charge on any atom is -0.353 e. The number of pyridine rings is 1. The van der Waals surface area contributed by atoms with Gasteiger partial charge in [-0.15, -0.1) is 11.6 Å². The number of nitrogens with zero attached hydrogens (tertiary/aromatic N) is 3. The van der Waals surface area contributed by atoms with E-state index >= 15 is 0 Å². The van der Waals surface area contributed by atoms with Gasteiger partial charge >= 0.3 is 0 Å². The van der Waals surface area contributed by atoms with E-state index in [0.29, 0.717) is 11.9 Å². The van der Waals surface area contributed by atoms with Gasteiger partial charge in [0.2, 0.25) is 0 Å². The minimum atomic E-state index is 0.0288. The molecule has 1 rings (SSSR count). The first-order chi connectivity index (χ1) is 9.68. The van der Waals surface area contributed by atoms with Gasteiger partial charge in [-0.25, -0.2) is 4.98 Å². The lowest BCUT2D eigenvalue weighted by Crippen LogP contribution is -2.40. The van der Waals surface area contributed by atoms with Gasteiger partial charge in [0, 0.05) is 36.1 Å². The number of aromatic nitrogens is 1. The van der Waals surface area contributed by atoms with E-state index in [1.54, 1.807) is 0 Å². The van der Waals surface area contributed by atoms with E-state index in [1.165, 1.54) is 0 Å². The Labute approximate surface area is 135 Å². The number of halogens is 1. The Balaban J connectivity index is 3.19. The van der Waals surface area contributed by atoms with E-state index in [1.807, 2.05) is 0 Å². The van der Waals surface area contributed by atoms with Crippen molar-refractivity contribution in [3.63, 3.8) is 0 Å². The van der Waals surface area contributed by atoms with Gasteiger partial charge < -0.3 is 9.80 Å². The maximum Gasteiger partial charge on any atom is 0.129 e. The molecule has 4 heteroatoms. The highest BCUT2D eigenvalue weighted by Crippen LogP contribution is 2.26.